The number of hydrogen-bond acceptors (Lipinski definition) is 4. The number of amides is 1. The Morgan fingerprint density at radius 3 is 2.32 bits per heavy atom. The fraction of sp³-hybridized carbons (Fsp3) is 0.579. The Hall–Kier alpha value is -1.92. The molecule has 0 unspecified atom stereocenters. The molecule has 1 aliphatic heterocycles. The van der Waals surface area contributed by atoms with Gasteiger partial charge in [-0.25, -0.2) is 4.99 Å². The van der Waals surface area contributed by atoms with Gasteiger partial charge in [0.15, 0.2) is 0 Å². The molecule has 1 heterocycles. The van der Waals surface area contributed by atoms with Gasteiger partial charge in [-0.15, -0.1) is 0 Å². The summed E-state index contributed by atoms with van der Waals surface area (Å²) in [6.45, 7) is 17.2. The van der Waals surface area contributed by atoms with Crippen molar-refractivity contribution in [3.05, 3.63) is 37.1 Å². The highest BCUT2D eigenvalue weighted by molar-refractivity contribution is 5.94. The van der Waals surface area contributed by atoms with Crippen LogP contribution in [0.15, 0.2) is 42.1 Å². The van der Waals surface area contributed by atoms with E-state index in [2.05, 4.69) is 68.0 Å². The maximum atomic E-state index is 11.3. The van der Waals surface area contributed by atoms with E-state index in [1.807, 2.05) is 11.8 Å². The van der Waals surface area contributed by atoms with E-state index in [1.165, 1.54) is 19.5 Å². The third-order valence-corrected chi connectivity index (χ3v) is 3.58. The number of carbonyl (C=O) groups excluding carboxylic acids is 1. The molecule has 1 saturated heterocycles. The van der Waals surface area contributed by atoms with Crippen LogP contribution in [0.2, 0.25) is 0 Å². The van der Waals surface area contributed by atoms with E-state index in [0.717, 1.165) is 12.4 Å². The largest absolute Gasteiger partial charge is 0.354 e. The quantitative estimate of drug-likeness (QED) is 0.342. The monoisotopic (exact) mass is 349 g/mol. The molecule has 6 nitrogen and oxygen atoms in total. The van der Waals surface area contributed by atoms with Gasteiger partial charge >= 0.3 is 0 Å². The van der Waals surface area contributed by atoms with Crippen molar-refractivity contribution in [3.63, 3.8) is 0 Å². The molecule has 1 N–H and O–H groups in total. The third kappa shape index (κ3) is 11.3. The van der Waals surface area contributed by atoms with Crippen LogP contribution in [0.4, 0.5) is 0 Å². The predicted octanol–water partition coefficient (Wildman–Crippen LogP) is 1.59. The molecule has 0 aliphatic carbocycles. The SMILES string of the molecule is C=CC(=C)N=C(C)N1CCNC(=O)C(=C)C1.CN(C)CCCN(C)C. The molecule has 0 aromatic rings. The first-order valence-corrected chi connectivity index (χ1v) is 8.54. The summed E-state index contributed by atoms with van der Waals surface area (Å²) in [4.78, 5) is 22.0. The molecule has 25 heavy (non-hydrogen) atoms. The summed E-state index contributed by atoms with van der Waals surface area (Å²) in [6, 6.07) is 0. The summed E-state index contributed by atoms with van der Waals surface area (Å²) < 4.78 is 0. The number of hydrogen-bond donors (Lipinski definition) is 1. The van der Waals surface area contributed by atoms with Gasteiger partial charge in [0.05, 0.1) is 5.70 Å². The standard InChI is InChI=1S/C12H17N3O.C7H18N2/c1-5-10(3)14-11(4)15-7-6-13-12(16)9(2)8-15;1-8(2)6-5-7-9(3)4/h5H,1-3,6-8H2,4H3,(H,13,16);5-7H2,1-4H3. The lowest BCUT2D eigenvalue weighted by atomic mass is 10.3. The zero-order chi connectivity index (χ0) is 19.4. The average molecular weight is 350 g/mol. The second-order valence-electron chi connectivity index (χ2n) is 6.60. The molecule has 142 valence electrons. The van der Waals surface area contributed by atoms with Gasteiger partial charge in [-0.1, -0.05) is 19.7 Å². The smallest absolute Gasteiger partial charge is 0.248 e. The van der Waals surface area contributed by atoms with Crippen LogP contribution < -0.4 is 5.32 Å². The molecule has 6 heteroatoms. The van der Waals surface area contributed by atoms with Crippen LogP contribution in [-0.2, 0) is 4.79 Å². The Morgan fingerprint density at radius 1 is 1.28 bits per heavy atom. The summed E-state index contributed by atoms with van der Waals surface area (Å²) >= 11 is 0. The van der Waals surface area contributed by atoms with Crippen molar-refractivity contribution in [1.29, 1.82) is 0 Å². The lowest BCUT2D eigenvalue weighted by molar-refractivity contribution is -0.117. The Morgan fingerprint density at radius 2 is 1.84 bits per heavy atom. The van der Waals surface area contributed by atoms with E-state index in [1.54, 1.807) is 6.08 Å². The number of nitrogens with zero attached hydrogens (tertiary/aromatic N) is 4. The van der Waals surface area contributed by atoms with Crippen molar-refractivity contribution in [1.82, 2.24) is 20.0 Å². The fourth-order valence-electron chi connectivity index (χ4n) is 2.11. The highest BCUT2D eigenvalue weighted by atomic mass is 16.1. The first kappa shape index (κ1) is 23.1. The van der Waals surface area contributed by atoms with Crippen LogP contribution in [0, 0.1) is 0 Å². The van der Waals surface area contributed by atoms with E-state index < -0.39 is 0 Å². The minimum absolute atomic E-state index is 0.0853. The van der Waals surface area contributed by atoms with Gasteiger partial charge < -0.3 is 20.0 Å². The van der Waals surface area contributed by atoms with Crippen LogP contribution >= 0.6 is 0 Å². The normalized spacial score (nSPS) is 15.5. The van der Waals surface area contributed by atoms with E-state index in [4.69, 9.17) is 0 Å². The third-order valence-electron chi connectivity index (χ3n) is 3.58. The second kappa shape index (κ2) is 12.4. The summed E-state index contributed by atoms with van der Waals surface area (Å²) in [6.07, 6.45) is 2.86. The molecule has 1 aliphatic rings. The van der Waals surface area contributed by atoms with E-state index in [-0.39, 0.29) is 5.91 Å². The minimum Gasteiger partial charge on any atom is -0.354 e. The van der Waals surface area contributed by atoms with Gasteiger partial charge in [-0.05, 0) is 60.7 Å². The molecule has 0 atom stereocenters. The average Bonchev–Trinajstić information content (AvgIpc) is 2.69. The van der Waals surface area contributed by atoms with Crippen LogP contribution in [0.5, 0.6) is 0 Å². The summed E-state index contributed by atoms with van der Waals surface area (Å²) in [7, 11) is 8.43. The van der Waals surface area contributed by atoms with Crippen molar-refractivity contribution < 1.29 is 4.79 Å². The minimum atomic E-state index is -0.0853. The highest BCUT2D eigenvalue weighted by Gasteiger charge is 2.17. The Labute approximate surface area is 153 Å². The van der Waals surface area contributed by atoms with Crippen molar-refractivity contribution in [2.75, 3.05) is 60.9 Å². The highest BCUT2D eigenvalue weighted by Crippen LogP contribution is 2.05. The molecule has 0 aromatic carbocycles. The first-order valence-electron chi connectivity index (χ1n) is 8.54. The van der Waals surface area contributed by atoms with Crippen LogP contribution in [0.1, 0.15) is 13.3 Å². The summed E-state index contributed by atoms with van der Waals surface area (Å²) in [5.74, 6) is 0.736. The maximum absolute atomic E-state index is 11.3. The number of rotatable bonds is 6. The fourth-order valence-corrected chi connectivity index (χ4v) is 2.11. The van der Waals surface area contributed by atoms with Crippen LogP contribution in [0.3, 0.4) is 0 Å². The van der Waals surface area contributed by atoms with Crippen molar-refractivity contribution in [3.8, 4) is 0 Å². The maximum Gasteiger partial charge on any atom is 0.248 e. The second-order valence-corrected chi connectivity index (χ2v) is 6.60. The molecule has 0 aromatic heterocycles. The van der Waals surface area contributed by atoms with Crippen molar-refractivity contribution in [2.45, 2.75) is 13.3 Å². The molecular weight excluding hydrogens is 314 g/mol. The number of nitrogens with one attached hydrogen (secondary N) is 1. The topological polar surface area (TPSA) is 51.2 Å². The van der Waals surface area contributed by atoms with Gasteiger partial charge in [0.25, 0.3) is 0 Å². The molecule has 1 fully saturated rings. The Balaban J connectivity index is 0.000000547. The Kier molecular flexibility index (Phi) is 11.5. The zero-order valence-electron chi connectivity index (χ0n) is 16.6. The number of carbonyl (C=O) groups is 1. The van der Waals surface area contributed by atoms with E-state index in [0.29, 0.717) is 24.4 Å². The molecule has 0 bridgehead atoms. The van der Waals surface area contributed by atoms with Crippen LogP contribution in [0.25, 0.3) is 0 Å². The lowest BCUT2D eigenvalue weighted by Gasteiger charge is -2.21. The van der Waals surface area contributed by atoms with Gasteiger partial charge in [0.1, 0.15) is 5.84 Å². The number of allylic oxidation sites excluding steroid dienone is 1. The van der Waals surface area contributed by atoms with Crippen LogP contribution in [-0.4, -0.2) is 87.4 Å². The van der Waals surface area contributed by atoms with E-state index >= 15 is 0 Å². The zero-order valence-corrected chi connectivity index (χ0v) is 16.6. The molecule has 1 rings (SSSR count). The van der Waals surface area contributed by atoms with Gasteiger partial charge in [0, 0.05) is 25.2 Å². The Bertz CT molecular complexity index is 486. The number of amidine groups is 1. The molecule has 0 spiro atoms. The molecule has 0 saturated carbocycles. The number of aliphatic imine (C=N–C) groups is 1. The van der Waals surface area contributed by atoms with E-state index in [9.17, 15) is 4.79 Å². The predicted molar refractivity (Wildman–Crippen MR) is 108 cm³/mol. The summed E-state index contributed by atoms with van der Waals surface area (Å²) in [5.41, 5.74) is 1.17. The van der Waals surface area contributed by atoms with Gasteiger partial charge in [-0.3, -0.25) is 4.79 Å². The van der Waals surface area contributed by atoms with Crippen molar-refractivity contribution >= 4 is 11.7 Å². The van der Waals surface area contributed by atoms with Gasteiger partial charge in [0.2, 0.25) is 5.91 Å². The van der Waals surface area contributed by atoms with Crippen molar-refractivity contribution in [2.24, 2.45) is 4.99 Å². The first-order chi connectivity index (χ1) is 11.7. The summed E-state index contributed by atoms with van der Waals surface area (Å²) in [5, 5.41) is 2.77. The molecule has 1 amide bonds. The molecule has 0 radical (unpaired) electrons. The van der Waals surface area contributed by atoms with Gasteiger partial charge in [-0.2, -0.15) is 0 Å². The molecular formula is C19H35N5O. The lowest BCUT2D eigenvalue weighted by Crippen LogP contribution is -2.32.